The van der Waals surface area contributed by atoms with E-state index in [1.807, 2.05) is 36.4 Å². The number of hydrogen-bond donors (Lipinski definition) is 1. The van der Waals surface area contributed by atoms with Gasteiger partial charge in [-0.1, -0.05) is 6.07 Å². The first-order valence-corrected chi connectivity index (χ1v) is 6.34. The lowest BCUT2D eigenvalue weighted by molar-refractivity contribution is 1.29. The molecule has 0 unspecified atom stereocenters. The van der Waals surface area contributed by atoms with Crippen LogP contribution in [0, 0.1) is 0 Å². The van der Waals surface area contributed by atoms with Gasteiger partial charge in [-0.2, -0.15) is 0 Å². The summed E-state index contributed by atoms with van der Waals surface area (Å²) in [6.07, 6.45) is 3.56. The van der Waals surface area contributed by atoms with E-state index < -0.39 is 0 Å². The molecule has 0 amide bonds. The molecule has 0 aliphatic carbocycles. The summed E-state index contributed by atoms with van der Waals surface area (Å²) in [7, 11) is 0. The van der Waals surface area contributed by atoms with Gasteiger partial charge in [0, 0.05) is 23.5 Å². The first kappa shape index (κ1) is 11.2. The third-order valence-electron chi connectivity index (χ3n) is 2.62. The van der Waals surface area contributed by atoms with E-state index in [-0.39, 0.29) is 0 Å². The van der Waals surface area contributed by atoms with E-state index in [1.165, 1.54) is 0 Å². The van der Waals surface area contributed by atoms with Crippen LogP contribution in [-0.4, -0.2) is 9.97 Å². The van der Waals surface area contributed by atoms with Crippen LogP contribution in [0.15, 0.2) is 59.3 Å². The Morgan fingerprint density at radius 2 is 1.78 bits per heavy atom. The van der Waals surface area contributed by atoms with E-state index in [0.717, 1.165) is 26.9 Å². The van der Waals surface area contributed by atoms with Crippen molar-refractivity contribution >= 4 is 38.3 Å². The van der Waals surface area contributed by atoms with Crippen molar-refractivity contribution in [2.75, 3.05) is 5.32 Å². The monoisotopic (exact) mass is 299 g/mol. The molecule has 0 bridgehead atoms. The first-order chi connectivity index (χ1) is 8.83. The van der Waals surface area contributed by atoms with Crippen molar-refractivity contribution in [3.63, 3.8) is 0 Å². The molecule has 0 saturated carbocycles. The molecule has 3 aromatic rings. The number of rotatable bonds is 2. The highest BCUT2D eigenvalue weighted by molar-refractivity contribution is 9.10. The summed E-state index contributed by atoms with van der Waals surface area (Å²) in [5, 5.41) is 4.38. The van der Waals surface area contributed by atoms with E-state index in [1.54, 1.807) is 12.4 Å². The second-order valence-electron chi connectivity index (χ2n) is 3.87. The van der Waals surface area contributed by atoms with Crippen LogP contribution in [0.2, 0.25) is 0 Å². The van der Waals surface area contributed by atoms with Crippen molar-refractivity contribution in [3.05, 3.63) is 59.3 Å². The zero-order valence-electron chi connectivity index (χ0n) is 9.47. The fraction of sp³-hybridized carbons (Fsp3) is 0. The number of nitrogens with zero attached hydrogens (tertiary/aromatic N) is 2. The van der Waals surface area contributed by atoms with E-state index in [4.69, 9.17) is 0 Å². The maximum Gasteiger partial charge on any atom is 0.144 e. The van der Waals surface area contributed by atoms with E-state index >= 15 is 0 Å². The van der Waals surface area contributed by atoms with E-state index in [2.05, 4.69) is 37.3 Å². The highest BCUT2D eigenvalue weighted by Crippen LogP contribution is 2.24. The lowest BCUT2D eigenvalue weighted by atomic mass is 10.2. The Labute approximate surface area is 113 Å². The number of pyridine rings is 2. The first-order valence-electron chi connectivity index (χ1n) is 5.55. The number of anilines is 2. The maximum atomic E-state index is 4.29. The number of hydrogen-bond acceptors (Lipinski definition) is 3. The van der Waals surface area contributed by atoms with Crippen LogP contribution in [0.4, 0.5) is 11.5 Å². The third-order valence-corrected chi connectivity index (χ3v) is 3.26. The van der Waals surface area contributed by atoms with Crippen molar-refractivity contribution in [3.8, 4) is 0 Å². The Balaban J connectivity index is 1.98. The van der Waals surface area contributed by atoms with Crippen LogP contribution < -0.4 is 5.32 Å². The molecule has 1 N–H and O–H groups in total. The summed E-state index contributed by atoms with van der Waals surface area (Å²) in [5.74, 6) is 0.806. The molecule has 0 saturated heterocycles. The SMILES string of the molecule is Brc1cccnc1Nc1ccc2ncccc2c1. The smallest absolute Gasteiger partial charge is 0.144 e. The van der Waals surface area contributed by atoms with Gasteiger partial charge in [0.25, 0.3) is 0 Å². The van der Waals surface area contributed by atoms with Crippen LogP contribution >= 0.6 is 15.9 Å². The summed E-state index contributed by atoms with van der Waals surface area (Å²) in [5.41, 5.74) is 1.98. The van der Waals surface area contributed by atoms with E-state index in [9.17, 15) is 0 Å². The molecule has 3 rings (SSSR count). The fourth-order valence-corrected chi connectivity index (χ4v) is 2.12. The van der Waals surface area contributed by atoms with Gasteiger partial charge in [0.05, 0.1) is 9.99 Å². The number of aromatic nitrogens is 2. The van der Waals surface area contributed by atoms with Gasteiger partial charge in [-0.05, 0) is 52.3 Å². The van der Waals surface area contributed by atoms with Crippen LogP contribution in [-0.2, 0) is 0 Å². The average molecular weight is 300 g/mol. The van der Waals surface area contributed by atoms with Gasteiger partial charge in [0.2, 0.25) is 0 Å². The van der Waals surface area contributed by atoms with Crippen LogP contribution in [0.1, 0.15) is 0 Å². The normalized spacial score (nSPS) is 10.5. The molecule has 1 aromatic carbocycles. The molecule has 4 heteroatoms. The van der Waals surface area contributed by atoms with Crippen molar-refractivity contribution in [1.82, 2.24) is 9.97 Å². The van der Waals surface area contributed by atoms with Crippen LogP contribution in [0.3, 0.4) is 0 Å². The minimum atomic E-state index is 0.806. The molecular formula is C14H10BrN3. The standard InChI is InChI=1S/C14H10BrN3/c15-12-4-2-8-17-14(12)18-11-5-6-13-10(9-11)3-1-7-16-13/h1-9H,(H,17,18). The minimum absolute atomic E-state index is 0.806. The molecule has 0 fully saturated rings. The second kappa shape index (κ2) is 4.74. The summed E-state index contributed by atoms with van der Waals surface area (Å²) < 4.78 is 0.941. The Morgan fingerprint density at radius 3 is 2.67 bits per heavy atom. The maximum absolute atomic E-state index is 4.29. The van der Waals surface area contributed by atoms with Gasteiger partial charge in [-0.15, -0.1) is 0 Å². The molecule has 2 heterocycles. The number of fused-ring (bicyclic) bond motifs is 1. The van der Waals surface area contributed by atoms with Gasteiger partial charge in [-0.3, -0.25) is 4.98 Å². The summed E-state index contributed by atoms with van der Waals surface area (Å²) in [4.78, 5) is 8.57. The highest BCUT2D eigenvalue weighted by atomic mass is 79.9. The molecule has 88 valence electrons. The zero-order chi connectivity index (χ0) is 12.4. The summed E-state index contributed by atoms with van der Waals surface area (Å²) in [6, 6.07) is 13.9. The van der Waals surface area contributed by atoms with E-state index in [0.29, 0.717) is 0 Å². The Hall–Kier alpha value is -1.94. The Kier molecular flexibility index (Phi) is 2.94. The molecule has 0 radical (unpaired) electrons. The molecule has 0 aliphatic heterocycles. The predicted molar refractivity (Wildman–Crippen MR) is 77.0 cm³/mol. The Bertz CT molecular complexity index is 697. The van der Waals surface area contributed by atoms with Crippen molar-refractivity contribution < 1.29 is 0 Å². The lowest BCUT2D eigenvalue weighted by Crippen LogP contribution is -1.94. The predicted octanol–water partition coefficient (Wildman–Crippen LogP) is 4.14. The van der Waals surface area contributed by atoms with Crippen LogP contribution in [0.25, 0.3) is 10.9 Å². The summed E-state index contributed by atoms with van der Waals surface area (Å²) >= 11 is 3.47. The van der Waals surface area contributed by atoms with Gasteiger partial charge >= 0.3 is 0 Å². The Morgan fingerprint density at radius 1 is 0.944 bits per heavy atom. The van der Waals surface area contributed by atoms with Crippen LogP contribution in [0.5, 0.6) is 0 Å². The lowest BCUT2D eigenvalue weighted by Gasteiger charge is -2.07. The third kappa shape index (κ3) is 2.19. The van der Waals surface area contributed by atoms with Crippen molar-refractivity contribution in [2.24, 2.45) is 0 Å². The molecule has 3 nitrogen and oxygen atoms in total. The number of halogens is 1. The number of benzene rings is 1. The second-order valence-corrected chi connectivity index (χ2v) is 4.72. The molecule has 0 aliphatic rings. The van der Waals surface area contributed by atoms with Gasteiger partial charge in [-0.25, -0.2) is 4.98 Å². The van der Waals surface area contributed by atoms with Crippen molar-refractivity contribution in [1.29, 1.82) is 0 Å². The average Bonchev–Trinajstić information content (AvgIpc) is 2.41. The molecule has 2 aromatic heterocycles. The number of nitrogens with one attached hydrogen (secondary N) is 1. The zero-order valence-corrected chi connectivity index (χ0v) is 11.1. The molecule has 18 heavy (non-hydrogen) atoms. The quantitative estimate of drug-likeness (QED) is 0.773. The molecular weight excluding hydrogens is 290 g/mol. The largest absolute Gasteiger partial charge is 0.339 e. The minimum Gasteiger partial charge on any atom is -0.339 e. The van der Waals surface area contributed by atoms with Gasteiger partial charge in [0.15, 0.2) is 0 Å². The van der Waals surface area contributed by atoms with Crippen molar-refractivity contribution in [2.45, 2.75) is 0 Å². The highest BCUT2D eigenvalue weighted by Gasteiger charge is 2.01. The topological polar surface area (TPSA) is 37.8 Å². The molecule has 0 atom stereocenters. The van der Waals surface area contributed by atoms with Gasteiger partial charge < -0.3 is 5.32 Å². The summed E-state index contributed by atoms with van der Waals surface area (Å²) in [6.45, 7) is 0. The fourth-order valence-electron chi connectivity index (χ4n) is 1.77. The molecule has 0 spiro atoms. The van der Waals surface area contributed by atoms with Gasteiger partial charge in [0.1, 0.15) is 5.82 Å².